The summed E-state index contributed by atoms with van der Waals surface area (Å²) < 4.78 is 55.0. The zero-order valence-electron chi connectivity index (χ0n) is 19.3. The molecule has 3 rings (SSSR count). The van der Waals surface area contributed by atoms with Gasteiger partial charge in [0.2, 0.25) is 5.75 Å². The van der Waals surface area contributed by atoms with Crippen molar-refractivity contribution in [2.45, 2.75) is 19.0 Å². The van der Waals surface area contributed by atoms with Gasteiger partial charge >= 0.3 is 12.2 Å². The van der Waals surface area contributed by atoms with E-state index in [0.29, 0.717) is 36.3 Å². The molecule has 1 aliphatic heterocycles. The molecule has 0 saturated carbocycles. The number of halogens is 3. The lowest BCUT2D eigenvalue weighted by Crippen LogP contribution is -2.41. The Bertz CT molecular complexity index is 925. The summed E-state index contributed by atoms with van der Waals surface area (Å²) in [6.45, 7) is 3.44. The quantitative estimate of drug-likeness (QED) is 0.546. The third-order valence-corrected chi connectivity index (χ3v) is 5.74. The van der Waals surface area contributed by atoms with Gasteiger partial charge in [-0.15, -0.1) is 0 Å². The molecule has 2 amide bonds. The van der Waals surface area contributed by atoms with Gasteiger partial charge in [-0.25, -0.2) is 4.79 Å². The maximum absolute atomic E-state index is 12.8. The number of likely N-dealkylation sites (tertiary alicyclic amines) is 1. The number of carbonyl (C=O) groups excluding carboxylic acids is 1. The van der Waals surface area contributed by atoms with Gasteiger partial charge in [0.05, 0.1) is 19.8 Å². The molecule has 1 aliphatic rings. The molecule has 1 saturated heterocycles. The fraction of sp³-hybridized carbons (Fsp3) is 0.458. The lowest BCUT2D eigenvalue weighted by molar-refractivity contribution is -0.137. The summed E-state index contributed by atoms with van der Waals surface area (Å²) in [4.78, 5) is 14.4. The molecule has 2 aromatic rings. The molecule has 2 aromatic carbocycles. The van der Waals surface area contributed by atoms with Gasteiger partial charge < -0.3 is 24.8 Å². The van der Waals surface area contributed by atoms with E-state index in [1.807, 2.05) is 18.2 Å². The average Bonchev–Trinajstić information content (AvgIpc) is 2.83. The zero-order chi connectivity index (χ0) is 24.6. The van der Waals surface area contributed by atoms with Gasteiger partial charge in [-0.3, -0.25) is 4.90 Å². The van der Waals surface area contributed by atoms with E-state index in [1.165, 1.54) is 12.1 Å². The second-order valence-electron chi connectivity index (χ2n) is 8.04. The second kappa shape index (κ2) is 11.8. The number of nitrogens with one attached hydrogen (secondary N) is 2. The van der Waals surface area contributed by atoms with Crippen LogP contribution in [0.3, 0.4) is 0 Å². The van der Waals surface area contributed by atoms with Gasteiger partial charge in [0.1, 0.15) is 6.61 Å². The number of rotatable bonds is 9. The predicted octanol–water partition coefficient (Wildman–Crippen LogP) is 4.64. The highest BCUT2D eigenvalue weighted by Crippen LogP contribution is 2.36. The molecule has 1 heterocycles. The fourth-order valence-corrected chi connectivity index (χ4v) is 3.84. The number of hydrogen-bond acceptors (Lipinski definition) is 5. The van der Waals surface area contributed by atoms with Crippen molar-refractivity contribution in [3.63, 3.8) is 0 Å². The fourth-order valence-electron chi connectivity index (χ4n) is 3.84. The van der Waals surface area contributed by atoms with Gasteiger partial charge in [-0.2, -0.15) is 13.2 Å². The minimum absolute atomic E-state index is 0.105. The number of para-hydroxylation sites is 1. The summed E-state index contributed by atoms with van der Waals surface area (Å²) in [5, 5.41) is 5.23. The Hall–Kier alpha value is -3.14. The molecule has 34 heavy (non-hydrogen) atoms. The van der Waals surface area contributed by atoms with Gasteiger partial charge in [-0.05, 0) is 62.2 Å². The van der Waals surface area contributed by atoms with Crippen LogP contribution in [0.2, 0.25) is 0 Å². The molecule has 0 aliphatic carbocycles. The zero-order valence-corrected chi connectivity index (χ0v) is 19.3. The highest BCUT2D eigenvalue weighted by molar-refractivity contribution is 5.89. The summed E-state index contributed by atoms with van der Waals surface area (Å²) in [6, 6.07) is 9.54. The van der Waals surface area contributed by atoms with E-state index >= 15 is 0 Å². The summed E-state index contributed by atoms with van der Waals surface area (Å²) in [6.07, 6.45) is -2.64. The Morgan fingerprint density at radius 3 is 2.32 bits per heavy atom. The summed E-state index contributed by atoms with van der Waals surface area (Å²) >= 11 is 0. The van der Waals surface area contributed by atoms with Crippen molar-refractivity contribution in [3.05, 3.63) is 48.0 Å². The highest BCUT2D eigenvalue weighted by Gasteiger charge is 2.30. The molecule has 1 fully saturated rings. The van der Waals surface area contributed by atoms with Gasteiger partial charge in [0.15, 0.2) is 11.5 Å². The number of urea groups is 1. The minimum Gasteiger partial charge on any atom is -0.493 e. The van der Waals surface area contributed by atoms with Crippen LogP contribution in [0.15, 0.2) is 42.5 Å². The van der Waals surface area contributed by atoms with Crippen LogP contribution in [0.5, 0.6) is 17.2 Å². The van der Waals surface area contributed by atoms with E-state index in [0.717, 1.165) is 44.6 Å². The van der Waals surface area contributed by atoms with E-state index in [-0.39, 0.29) is 5.69 Å². The third-order valence-electron chi connectivity index (χ3n) is 5.74. The smallest absolute Gasteiger partial charge is 0.416 e. The number of hydrogen-bond donors (Lipinski definition) is 2. The Morgan fingerprint density at radius 1 is 1.06 bits per heavy atom. The van der Waals surface area contributed by atoms with Crippen molar-refractivity contribution in [1.29, 1.82) is 0 Å². The van der Waals surface area contributed by atoms with Crippen LogP contribution in [0, 0.1) is 5.92 Å². The SMILES string of the molecule is COc1cccc(OC)c1OCCN1CCC(CNC(=O)Nc2cccc(C(F)(F)F)c2)CC1. The number of carbonyl (C=O) groups is 1. The molecule has 0 spiro atoms. The number of piperidine rings is 1. The standard InChI is InChI=1S/C24H30F3N3O4/c1-32-20-7-4-8-21(33-2)22(20)34-14-13-30-11-9-17(10-12-30)16-28-23(31)29-19-6-3-5-18(15-19)24(25,26)27/h3-8,15,17H,9-14,16H2,1-2H3,(H2,28,29,31). The Kier molecular flexibility index (Phi) is 8.86. The number of ether oxygens (including phenoxy) is 3. The van der Waals surface area contributed by atoms with Crippen LogP contribution in [0.25, 0.3) is 0 Å². The Balaban J connectivity index is 1.37. The molecule has 0 unspecified atom stereocenters. The topological polar surface area (TPSA) is 72.1 Å². The van der Waals surface area contributed by atoms with Crippen molar-refractivity contribution in [2.24, 2.45) is 5.92 Å². The Labute approximate surface area is 197 Å². The first-order valence-corrected chi connectivity index (χ1v) is 11.1. The highest BCUT2D eigenvalue weighted by atomic mass is 19.4. The van der Waals surface area contributed by atoms with Crippen molar-refractivity contribution in [3.8, 4) is 17.2 Å². The maximum atomic E-state index is 12.8. The molecule has 0 aromatic heterocycles. The van der Waals surface area contributed by atoms with Crippen molar-refractivity contribution >= 4 is 11.7 Å². The van der Waals surface area contributed by atoms with Crippen LogP contribution < -0.4 is 24.8 Å². The van der Waals surface area contributed by atoms with Crippen LogP contribution >= 0.6 is 0 Å². The first kappa shape index (κ1) is 25.5. The molecule has 186 valence electrons. The van der Waals surface area contributed by atoms with Crippen molar-refractivity contribution < 1.29 is 32.2 Å². The lowest BCUT2D eigenvalue weighted by Gasteiger charge is -2.32. The molecule has 7 nitrogen and oxygen atoms in total. The summed E-state index contributed by atoms with van der Waals surface area (Å²) in [5.74, 6) is 2.12. The van der Waals surface area contributed by atoms with E-state index in [4.69, 9.17) is 14.2 Å². The van der Waals surface area contributed by atoms with Gasteiger partial charge in [-0.1, -0.05) is 12.1 Å². The number of benzene rings is 2. The average molecular weight is 482 g/mol. The first-order valence-electron chi connectivity index (χ1n) is 11.1. The van der Waals surface area contributed by atoms with Crippen LogP contribution in [-0.2, 0) is 6.18 Å². The van der Waals surface area contributed by atoms with E-state index < -0.39 is 17.8 Å². The minimum atomic E-state index is -4.45. The summed E-state index contributed by atoms with van der Waals surface area (Å²) in [7, 11) is 3.17. The normalized spacial score (nSPS) is 15.0. The van der Waals surface area contributed by atoms with Crippen LogP contribution in [-0.4, -0.2) is 57.9 Å². The van der Waals surface area contributed by atoms with Gasteiger partial charge in [0.25, 0.3) is 0 Å². The molecule has 0 bridgehead atoms. The number of anilines is 1. The first-order chi connectivity index (χ1) is 16.3. The molecular formula is C24H30F3N3O4. The van der Waals surface area contributed by atoms with E-state index in [9.17, 15) is 18.0 Å². The largest absolute Gasteiger partial charge is 0.493 e. The van der Waals surface area contributed by atoms with Crippen molar-refractivity contribution in [2.75, 3.05) is 52.3 Å². The molecular weight excluding hydrogens is 451 g/mol. The van der Waals surface area contributed by atoms with Crippen LogP contribution in [0.1, 0.15) is 18.4 Å². The maximum Gasteiger partial charge on any atom is 0.416 e. The number of methoxy groups -OCH3 is 2. The number of amides is 2. The third kappa shape index (κ3) is 7.18. The molecule has 2 N–H and O–H groups in total. The van der Waals surface area contributed by atoms with E-state index in [1.54, 1.807) is 14.2 Å². The summed E-state index contributed by atoms with van der Waals surface area (Å²) in [5.41, 5.74) is -0.695. The monoisotopic (exact) mass is 481 g/mol. The van der Waals surface area contributed by atoms with Crippen LogP contribution in [0.4, 0.5) is 23.7 Å². The molecule has 0 radical (unpaired) electrons. The number of alkyl halides is 3. The Morgan fingerprint density at radius 2 is 1.71 bits per heavy atom. The molecule has 0 atom stereocenters. The molecule has 10 heteroatoms. The van der Waals surface area contributed by atoms with Gasteiger partial charge in [0, 0.05) is 18.8 Å². The number of nitrogens with zero attached hydrogens (tertiary/aromatic N) is 1. The second-order valence-corrected chi connectivity index (χ2v) is 8.04. The lowest BCUT2D eigenvalue weighted by atomic mass is 9.97. The van der Waals surface area contributed by atoms with E-state index in [2.05, 4.69) is 15.5 Å². The predicted molar refractivity (Wildman–Crippen MR) is 123 cm³/mol. The van der Waals surface area contributed by atoms with Crippen molar-refractivity contribution in [1.82, 2.24) is 10.2 Å².